The third-order valence-corrected chi connectivity index (χ3v) is 5.70. The van der Waals surface area contributed by atoms with E-state index in [1.165, 1.54) is 5.56 Å². The SMILES string of the molecule is C=CCOc1cccc(N=Cc2cc(C(C)(C)c3ccccc3)cc(C(C)(C)C)c2O)c1. The average Bonchev–Trinajstić information content (AvgIpc) is 2.77. The van der Waals surface area contributed by atoms with Gasteiger partial charge in [0, 0.05) is 28.8 Å². The highest BCUT2D eigenvalue weighted by Gasteiger charge is 2.28. The highest BCUT2D eigenvalue weighted by molar-refractivity contribution is 5.87. The standard InChI is InChI=1S/C29H33NO2/c1-7-16-32-25-15-11-14-24(19-25)30-20-21-17-23(18-26(27(21)31)28(2,3)4)29(5,6)22-12-9-8-10-13-22/h7-15,17-20,31H,1,16H2,2-6H3. The van der Waals surface area contributed by atoms with Crippen LogP contribution < -0.4 is 4.74 Å². The smallest absolute Gasteiger partial charge is 0.128 e. The lowest BCUT2D eigenvalue weighted by atomic mass is 9.74. The Morgan fingerprint density at radius 2 is 1.62 bits per heavy atom. The minimum atomic E-state index is -0.226. The number of phenolic OH excluding ortho intramolecular Hbond substituents is 1. The number of hydrogen-bond acceptors (Lipinski definition) is 3. The van der Waals surface area contributed by atoms with E-state index in [1.807, 2.05) is 36.4 Å². The van der Waals surface area contributed by atoms with Crippen molar-refractivity contribution in [2.24, 2.45) is 4.99 Å². The van der Waals surface area contributed by atoms with E-state index in [0.29, 0.717) is 12.2 Å². The molecule has 0 heterocycles. The van der Waals surface area contributed by atoms with E-state index in [4.69, 9.17) is 4.74 Å². The molecule has 0 aromatic heterocycles. The number of rotatable bonds is 7. The summed E-state index contributed by atoms with van der Waals surface area (Å²) >= 11 is 0. The van der Waals surface area contributed by atoms with Gasteiger partial charge in [0.05, 0.1) is 5.69 Å². The predicted molar refractivity (Wildman–Crippen MR) is 135 cm³/mol. The van der Waals surface area contributed by atoms with Crippen LogP contribution in [0.5, 0.6) is 11.5 Å². The number of ether oxygens (including phenoxy) is 1. The van der Waals surface area contributed by atoms with Gasteiger partial charge in [-0.2, -0.15) is 0 Å². The van der Waals surface area contributed by atoms with Crippen molar-refractivity contribution >= 4 is 11.9 Å². The summed E-state index contributed by atoms with van der Waals surface area (Å²) in [6, 6.07) is 22.2. The summed E-state index contributed by atoms with van der Waals surface area (Å²) in [5, 5.41) is 11.1. The van der Waals surface area contributed by atoms with E-state index in [1.54, 1.807) is 12.3 Å². The van der Waals surface area contributed by atoms with Crippen LogP contribution >= 0.6 is 0 Å². The number of aliphatic imine (C=N–C) groups is 1. The maximum absolute atomic E-state index is 11.1. The monoisotopic (exact) mass is 427 g/mol. The zero-order valence-corrected chi connectivity index (χ0v) is 19.7. The molecular weight excluding hydrogens is 394 g/mol. The van der Waals surface area contributed by atoms with Gasteiger partial charge in [-0.3, -0.25) is 4.99 Å². The van der Waals surface area contributed by atoms with Gasteiger partial charge < -0.3 is 9.84 Å². The molecule has 0 saturated carbocycles. The first kappa shape index (κ1) is 23.3. The molecule has 0 amide bonds. The summed E-state index contributed by atoms with van der Waals surface area (Å²) in [6.07, 6.45) is 3.45. The fourth-order valence-electron chi connectivity index (χ4n) is 3.66. The van der Waals surface area contributed by atoms with Crippen LogP contribution in [0, 0.1) is 0 Å². The van der Waals surface area contributed by atoms with Crippen LogP contribution in [-0.2, 0) is 10.8 Å². The predicted octanol–water partition coefficient (Wildman–Crippen LogP) is 7.33. The highest BCUT2D eigenvalue weighted by atomic mass is 16.5. The molecule has 3 heteroatoms. The van der Waals surface area contributed by atoms with E-state index < -0.39 is 0 Å². The molecule has 0 spiro atoms. The van der Waals surface area contributed by atoms with Crippen LogP contribution in [0.15, 0.2) is 84.4 Å². The molecule has 3 nitrogen and oxygen atoms in total. The molecule has 1 N–H and O–H groups in total. The zero-order chi connectivity index (χ0) is 23.4. The molecule has 0 bridgehead atoms. The van der Waals surface area contributed by atoms with E-state index in [-0.39, 0.29) is 16.6 Å². The molecule has 32 heavy (non-hydrogen) atoms. The summed E-state index contributed by atoms with van der Waals surface area (Å²) < 4.78 is 5.61. The van der Waals surface area contributed by atoms with Crippen molar-refractivity contribution < 1.29 is 9.84 Å². The van der Waals surface area contributed by atoms with Crippen molar-refractivity contribution in [1.29, 1.82) is 0 Å². The summed E-state index contributed by atoms with van der Waals surface area (Å²) in [5.41, 5.74) is 4.29. The number of aromatic hydroxyl groups is 1. The van der Waals surface area contributed by atoms with E-state index >= 15 is 0 Å². The second-order valence-corrected chi connectivity index (χ2v) is 9.56. The zero-order valence-electron chi connectivity index (χ0n) is 19.7. The molecule has 0 aliphatic carbocycles. The molecule has 3 aromatic carbocycles. The summed E-state index contributed by atoms with van der Waals surface area (Å²) in [6.45, 7) is 14.9. The number of benzene rings is 3. The summed E-state index contributed by atoms with van der Waals surface area (Å²) in [5.74, 6) is 1.01. The van der Waals surface area contributed by atoms with Gasteiger partial charge in [-0.1, -0.05) is 89.7 Å². The first-order chi connectivity index (χ1) is 15.1. The maximum Gasteiger partial charge on any atom is 0.128 e. The Bertz CT molecular complexity index is 1110. The highest BCUT2D eigenvalue weighted by Crippen LogP contribution is 2.39. The molecule has 0 atom stereocenters. The molecule has 166 valence electrons. The third kappa shape index (κ3) is 5.28. The lowest BCUT2D eigenvalue weighted by Gasteiger charge is -2.30. The van der Waals surface area contributed by atoms with Gasteiger partial charge in [0.15, 0.2) is 0 Å². The Hall–Kier alpha value is -3.33. The van der Waals surface area contributed by atoms with Gasteiger partial charge in [0.1, 0.15) is 18.1 Å². The first-order valence-electron chi connectivity index (χ1n) is 10.9. The Morgan fingerprint density at radius 3 is 2.28 bits per heavy atom. The van der Waals surface area contributed by atoms with Crippen LogP contribution in [0.25, 0.3) is 0 Å². The van der Waals surface area contributed by atoms with Crippen molar-refractivity contribution in [2.45, 2.75) is 45.4 Å². The Kier molecular flexibility index (Phi) is 6.88. The number of phenols is 1. The fraction of sp³-hybridized carbons (Fsp3) is 0.276. The fourth-order valence-corrected chi connectivity index (χ4v) is 3.66. The van der Waals surface area contributed by atoms with Crippen molar-refractivity contribution in [3.63, 3.8) is 0 Å². The minimum Gasteiger partial charge on any atom is -0.507 e. The van der Waals surface area contributed by atoms with E-state index in [9.17, 15) is 5.11 Å². The van der Waals surface area contributed by atoms with Crippen molar-refractivity contribution in [1.82, 2.24) is 0 Å². The van der Waals surface area contributed by atoms with Gasteiger partial charge in [0.2, 0.25) is 0 Å². The van der Waals surface area contributed by atoms with Crippen molar-refractivity contribution in [2.75, 3.05) is 6.61 Å². The second kappa shape index (κ2) is 9.44. The van der Waals surface area contributed by atoms with Crippen molar-refractivity contribution in [3.05, 3.63) is 102 Å². The average molecular weight is 428 g/mol. The lowest BCUT2D eigenvalue weighted by Crippen LogP contribution is -2.21. The van der Waals surface area contributed by atoms with Crippen LogP contribution in [-0.4, -0.2) is 17.9 Å². The van der Waals surface area contributed by atoms with Crippen LogP contribution in [0.2, 0.25) is 0 Å². The molecular formula is C29H33NO2. The molecule has 0 saturated heterocycles. The Balaban J connectivity index is 2.07. The minimum absolute atomic E-state index is 0.214. The topological polar surface area (TPSA) is 41.8 Å². The van der Waals surface area contributed by atoms with Gasteiger partial charge >= 0.3 is 0 Å². The molecule has 0 unspecified atom stereocenters. The molecule has 0 fully saturated rings. The maximum atomic E-state index is 11.1. The number of hydrogen-bond donors (Lipinski definition) is 1. The molecule has 0 aliphatic rings. The van der Waals surface area contributed by atoms with Gasteiger partial charge in [0.25, 0.3) is 0 Å². The Labute approximate surface area is 192 Å². The first-order valence-corrected chi connectivity index (χ1v) is 10.9. The van der Waals surface area contributed by atoms with E-state index in [2.05, 4.69) is 76.5 Å². The number of nitrogens with zero attached hydrogens (tertiary/aromatic N) is 1. The van der Waals surface area contributed by atoms with Gasteiger partial charge in [-0.25, -0.2) is 0 Å². The quantitative estimate of drug-likeness (QED) is 0.317. The normalized spacial score (nSPS) is 12.2. The largest absolute Gasteiger partial charge is 0.507 e. The van der Waals surface area contributed by atoms with Gasteiger partial charge in [-0.15, -0.1) is 0 Å². The summed E-state index contributed by atoms with van der Waals surface area (Å²) in [7, 11) is 0. The third-order valence-electron chi connectivity index (χ3n) is 5.70. The van der Waals surface area contributed by atoms with Crippen LogP contribution in [0.3, 0.4) is 0 Å². The van der Waals surface area contributed by atoms with E-state index in [0.717, 1.165) is 22.6 Å². The van der Waals surface area contributed by atoms with Crippen molar-refractivity contribution in [3.8, 4) is 11.5 Å². The second-order valence-electron chi connectivity index (χ2n) is 9.56. The van der Waals surface area contributed by atoms with Crippen LogP contribution in [0.4, 0.5) is 5.69 Å². The molecule has 3 rings (SSSR count). The molecule has 0 radical (unpaired) electrons. The molecule has 3 aromatic rings. The summed E-state index contributed by atoms with van der Waals surface area (Å²) in [4.78, 5) is 4.63. The lowest BCUT2D eigenvalue weighted by molar-refractivity contribution is 0.363. The van der Waals surface area contributed by atoms with Gasteiger partial charge in [-0.05, 0) is 34.7 Å². The Morgan fingerprint density at radius 1 is 0.906 bits per heavy atom. The van der Waals surface area contributed by atoms with Crippen LogP contribution in [0.1, 0.15) is 56.9 Å². The molecule has 0 aliphatic heterocycles.